The third-order valence-corrected chi connectivity index (χ3v) is 8.31. The van der Waals surface area contributed by atoms with Gasteiger partial charge in [-0.05, 0) is 62.6 Å². The smallest absolute Gasteiger partial charge is 0.307 e. The van der Waals surface area contributed by atoms with Gasteiger partial charge in [-0.25, -0.2) is 13.1 Å². The van der Waals surface area contributed by atoms with Crippen molar-refractivity contribution in [1.29, 1.82) is 0 Å². The summed E-state index contributed by atoms with van der Waals surface area (Å²) in [5, 5.41) is 9.61. The summed E-state index contributed by atoms with van der Waals surface area (Å²) in [5.74, 6) is -0.888. The molecule has 1 saturated carbocycles. The largest absolute Gasteiger partial charge is 0.481 e. The average Bonchev–Trinajstić information content (AvgIpc) is 3.53. The fourth-order valence-electron chi connectivity index (χ4n) is 4.55. The molecule has 7 nitrogen and oxygen atoms in total. The van der Waals surface area contributed by atoms with E-state index < -0.39 is 16.0 Å². The van der Waals surface area contributed by atoms with Crippen LogP contribution in [0, 0.1) is 19.3 Å². The Morgan fingerprint density at radius 3 is 2.27 bits per heavy atom. The number of aromatic nitrogens is 1. The number of nitrogens with one attached hydrogen (secondary N) is 1. The number of sulfonamides is 1. The van der Waals surface area contributed by atoms with Gasteiger partial charge in [0.2, 0.25) is 10.0 Å². The van der Waals surface area contributed by atoms with Crippen LogP contribution in [-0.4, -0.2) is 43.6 Å². The van der Waals surface area contributed by atoms with Crippen LogP contribution in [0.2, 0.25) is 0 Å². The van der Waals surface area contributed by atoms with Crippen LogP contribution in [-0.2, 0) is 21.2 Å². The van der Waals surface area contributed by atoms with E-state index in [2.05, 4.69) is 28.5 Å². The molecule has 8 heteroatoms. The molecule has 1 aliphatic heterocycles. The number of pyridine rings is 1. The molecule has 0 unspecified atom stereocenters. The number of carbonyl (C=O) groups is 1. The van der Waals surface area contributed by atoms with Crippen LogP contribution in [0.1, 0.15) is 56.5 Å². The Hall–Kier alpha value is -2.45. The first-order valence-electron chi connectivity index (χ1n) is 11.6. The molecule has 4 rings (SSSR count). The average molecular weight is 472 g/mol. The molecule has 2 heterocycles. The summed E-state index contributed by atoms with van der Waals surface area (Å²) in [5.41, 5.74) is 5.18. The summed E-state index contributed by atoms with van der Waals surface area (Å²) in [4.78, 5) is 18.9. The Morgan fingerprint density at radius 2 is 1.73 bits per heavy atom. The molecule has 1 aromatic carbocycles. The van der Waals surface area contributed by atoms with Crippen molar-refractivity contribution in [1.82, 2.24) is 9.71 Å². The minimum Gasteiger partial charge on any atom is -0.481 e. The molecular weight excluding hydrogens is 438 g/mol. The first kappa shape index (κ1) is 23.7. The standard InChI is InChI=1S/C25H33N3O4S/c1-16-21(15-22(29)30)24(28-13-11-25(3,4)12-14-28)23(17(2)26-16)18-5-9-20(10-6-18)33(31,32)27-19-7-8-19/h5-6,9-10,19,27H,7-8,11-15H2,1-4H3,(H,29,30). The van der Waals surface area contributed by atoms with Gasteiger partial charge in [-0.15, -0.1) is 0 Å². The van der Waals surface area contributed by atoms with E-state index in [4.69, 9.17) is 0 Å². The number of piperidine rings is 1. The molecule has 1 saturated heterocycles. The van der Waals surface area contributed by atoms with Gasteiger partial charge in [-0.3, -0.25) is 9.78 Å². The summed E-state index contributed by atoms with van der Waals surface area (Å²) >= 11 is 0. The quantitative estimate of drug-likeness (QED) is 0.632. The van der Waals surface area contributed by atoms with Crippen molar-refractivity contribution < 1.29 is 18.3 Å². The van der Waals surface area contributed by atoms with Gasteiger partial charge in [0.05, 0.1) is 17.0 Å². The number of benzene rings is 1. The molecule has 0 atom stereocenters. The van der Waals surface area contributed by atoms with E-state index in [-0.39, 0.29) is 22.8 Å². The summed E-state index contributed by atoms with van der Waals surface area (Å²) in [7, 11) is -3.53. The second-order valence-corrected chi connectivity index (χ2v) is 11.8. The Bertz CT molecular complexity index is 1160. The van der Waals surface area contributed by atoms with E-state index in [0.717, 1.165) is 72.5 Å². The number of anilines is 1. The maximum absolute atomic E-state index is 12.6. The monoisotopic (exact) mass is 471 g/mol. The lowest BCUT2D eigenvalue weighted by Crippen LogP contribution is -2.38. The SMILES string of the molecule is Cc1nc(C)c(-c2ccc(S(=O)(=O)NC3CC3)cc2)c(N2CCC(C)(C)CC2)c1CC(=O)O. The van der Waals surface area contributed by atoms with Gasteiger partial charge in [0.15, 0.2) is 0 Å². The maximum atomic E-state index is 12.6. The summed E-state index contributed by atoms with van der Waals surface area (Å²) in [6, 6.07) is 6.91. The van der Waals surface area contributed by atoms with Crippen LogP contribution in [0.15, 0.2) is 29.2 Å². The molecule has 178 valence electrons. The molecule has 0 radical (unpaired) electrons. The number of carboxylic acids is 1. The number of nitrogens with zero attached hydrogens (tertiary/aromatic N) is 2. The second kappa shape index (κ2) is 8.72. The van der Waals surface area contributed by atoms with Crippen molar-refractivity contribution >= 4 is 21.7 Å². The molecule has 1 aliphatic carbocycles. The Kier molecular flexibility index (Phi) is 6.26. The van der Waals surface area contributed by atoms with Crippen LogP contribution in [0.25, 0.3) is 11.1 Å². The fraction of sp³-hybridized carbons (Fsp3) is 0.520. The lowest BCUT2D eigenvalue weighted by Gasteiger charge is -2.40. The molecule has 2 N–H and O–H groups in total. The van der Waals surface area contributed by atoms with Crippen LogP contribution in [0.3, 0.4) is 0 Å². The van der Waals surface area contributed by atoms with Crippen LogP contribution in [0.4, 0.5) is 5.69 Å². The Labute approximate surface area is 196 Å². The third kappa shape index (κ3) is 5.22. The molecule has 0 amide bonds. The second-order valence-electron chi connectivity index (χ2n) is 10.1. The molecule has 2 aromatic rings. The predicted molar refractivity (Wildman–Crippen MR) is 129 cm³/mol. The van der Waals surface area contributed by atoms with E-state index in [1.807, 2.05) is 26.0 Å². The van der Waals surface area contributed by atoms with Crippen molar-refractivity contribution in [2.45, 2.75) is 70.7 Å². The lowest BCUT2D eigenvalue weighted by atomic mass is 9.82. The number of rotatable bonds is 7. The van der Waals surface area contributed by atoms with Crippen molar-refractivity contribution in [3.8, 4) is 11.1 Å². The van der Waals surface area contributed by atoms with Gasteiger partial charge < -0.3 is 10.0 Å². The number of aliphatic carboxylic acids is 1. The molecule has 0 spiro atoms. The van der Waals surface area contributed by atoms with Gasteiger partial charge in [0.25, 0.3) is 0 Å². The van der Waals surface area contributed by atoms with E-state index in [9.17, 15) is 18.3 Å². The van der Waals surface area contributed by atoms with E-state index in [0.29, 0.717) is 0 Å². The minimum atomic E-state index is -3.53. The molecule has 2 aliphatic rings. The number of carboxylic acid groups (broad SMARTS) is 1. The van der Waals surface area contributed by atoms with Crippen LogP contribution < -0.4 is 9.62 Å². The first-order valence-corrected chi connectivity index (χ1v) is 13.0. The molecule has 0 bridgehead atoms. The molecular formula is C25H33N3O4S. The zero-order chi connectivity index (χ0) is 24.0. The summed E-state index contributed by atoms with van der Waals surface area (Å²) in [6.07, 6.45) is 3.70. The Balaban J connectivity index is 1.79. The van der Waals surface area contributed by atoms with Crippen LogP contribution >= 0.6 is 0 Å². The van der Waals surface area contributed by atoms with Crippen molar-refractivity contribution in [3.63, 3.8) is 0 Å². The van der Waals surface area contributed by atoms with Crippen molar-refractivity contribution in [2.24, 2.45) is 5.41 Å². The van der Waals surface area contributed by atoms with E-state index >= 15 is 0 Å². The number of hydrogen-bond acceptors (Lipinski definition) is 5. The van der Waals surface area contributed by atoms with E-state index in [1.165, 1.54) is 0 Å². The Morgan fingerprint density at radius 1 is 1.12 bits per heavy atom. The zero-order valence-electron chi connectivity index (χ0n) is 19.8. The lowest BCUT2D eigenvalue weighted by molar-refractivity contribution is -0.136. The fourth-order valence-corrected chi connectivity index (χ4v) is 5.86. The highest BCUT2D eigenvalue weighted by molar-refractivity contribution is 7.89. The van der Waals surface area contributed by atoms with E-state index in [1.54, 1.807) is 12.1 Å². The molecule has 33 heavy (non-hydrogen) atoms. The molecule has 1 aromatic heterocycles. The topological polar surface area (TPSA) is 99.6 Å². The normalized spacial score (nSPS) is 18.4. The number of aryl methyl sites for hydroxylation is 2. The van der Waals surface area contributed by atoms with Gasteiger partial charge in [-0.2, -0.15) is 0 Å². The van der Waals surface area contributed by atoms with Gasteiger partial charge in [-0.1, -0.05) is 26.0 Å². The van der Waals surface area contributed by atoms with Crippen LogP contribution in [0.5, 0.6) is 0 Å². The third-order valence-electron chi connectivity index (χ3n) is 6.77. The highest BCUT2D eigenvalue weighted by Gasteiger charge is 2.31. The van der Waals surface area contributed by atoms with Crippen molar-refractivity contribution in [3.05, 3.63) is 41.2 Å². The van der Waals surface area contributed by atoms with Gasteiger partial charge in [0, 0.05) is 41.6 Å². The molecule has 2 fully saturated rings. The first-order chi connectivity index (χ1) is 15.5. The highest BCUT2D eigenvalue weighted by Crippen LogP contribution is 2.41. The maximum Gasteiger partial charge on any atom is 0.307 e. The zero-order valence-corrected chi connectivity index (χ0v) is 20.6. The van der Waals surface area contributed by atoms with Gasteiger partial charge in [0.1, 0.15) is 0 Å². The summed E-state index contributed by atoms with van der Waals surface area (Å²) < 4.78 is 27.9. The predicted octanol–water partition coefficient (Wildman–Crippen LogP) is 4.06. The van der Waals surface area contributed by atoms with Gasteiger partial charge >= 0.3 is 5.97 Å². The minimum absolute atomic E-state index is 0.0479. The summed E-state index contributed by atoms with van der Waals surface area (Å²) in [6.45, 7) is 10.0. The number of hydrogen-bond donors (Lipinski definition) is 2. The highest BCUT2D eigenvalue weighted by atomic mass is 32.2. The van der Waals surface area contributed by atoms with Crippen molar-refractivity contribution in [2.75, 3.05) is 18.0 Å².